The molecule has 0 bridgehead atoms. The molecular weight excluding hydrogens is 256 g/mol. The zero-order valence-corrected chi connectivity index (χ0v) is 12.8. The first-order chi connectivity index (χ1) is 9.36. The van der Waals surface area contributed by atoms with Crippen molar-refractivity contribution in [3.8, 4) is 0 Å². The van der Waals surface area contributed by atoms with Gasteiger partial charge in [-0.1, -0.05) is 0 Å². The van der Waals surface area contributed by atoms with Crippen molar-refractivity contribution in [3.05, 3.63) is 0 Å². The molecule has 2 rings (SSSR count). The molecule has 0 aromatic carbocycles. The predicted octanol–water partition coefficient (Wildman–Crippen LogP) is 0.864. The number of hydrogen-bond acceptors (Lipinski definition) is 3. The van der Waals surface area contributed by atoms with Crippen LogP contribution in [0.2, 0.25) is 0 Å². The minimum Gasteiger partial charge on any atom is -0.394 e. The van der Waals surface area contributed by atoms with E-state index in [0.29, 0.717) is 13.1 Å². The predicted molar refractivity (Wildman–Crippen MR) is 76.0 cm³/mol. The number of carbonyl (C=O) groups is 2. The zero-order valence-electron chi connectivity index (χ0n) is 12.8. The van der Waals surface area contributed by atoms with Crippen molar-refractivity contribution in [2.45, 2.75) is 45.1 Å². The molecule has 2 aliphatic rings. The lowest BCUT2D eigenvalue weighted by Gasteiger charge is -2.39. The number of aliphatic hydroxyl groups excluding tert-OH is 1. The van der Waals surface area contributed by atoms with Crippen LogP contribution in [0.25, 0.3) is 0 Å². The monoisotopic (exact) mass is 282 g/mol. The van der Waals surface area contributed by atoms with Crippen molar-refractivity contribution in [2.24, 2.45) is 11.8 Å². The Kier molecular flexibility index (Phi) is 4.37. The highest BCUT2D eigenvalue weighted by molar-refractivity contribution is 5.82. The smallest absolute Gasteiger partial charge is 0.226 e. The van der Waals surface area contributed by atoms with Crippen LogP contribution in [0.4, 0.5) is 0 Å². The van der Waals surface area contributed by atoms with E-state index in [2.05, 4.69) is 0 Å². The summed E-state index contributed by atoms with van der Waals surface area (Å²) in [5.41, 5.74) is -0.530. The Labute approximate surface area is 120 Å². The van der Waals surface area contributed by atoms with Crippen LogP contribution >= 0.6 is 0 Å². The van der Waals surface area contributed by atoms with Crippen LogP contribution < -0.4 is 0 Å². The summed E-state index contributed by atoms with van der Waals surface area (Å²) >= 11 is 0. The van der Waals surface area contributed by atoms with Crippen LogP contribution in [-0.4, -0.2) is 59.0 Å². The van der Waals surface area contributed by atoms with E-state index in [9.17, 15) is 14.7 Å². The van der Waals surface area contributed by atoms with Gasteiger partial charge in [0.1, 0.15) is 0 Å². The van der Waals surface area contributed by atoms with E-state index in [0.717, 1.165) is 25.7 Å². The van der Waals surface area contributed by atoms with E-state index in [1.165, 1.54) is 0 Å². The molecule has 0 atom stereocenters. The van der Waals surface area contributed by atoms with Gasteiger partial charge in [-0.2, -0.15) is 0 Å². The average molecular weight is 282 g/mol. The Bertz CT molecular complexity index is 383. The van der Waals surface area contributed by atoms with Gasteiger partial charge in [0, 0.05) is 32.0 Å². The molecule has 1 saturated carbocycles. The van der Waals surface area contributed by atoms with Gasteiger partial charge in [-0.15, -0.1) is 0 Å². The molecule has 5 heteroatoms. The fourth-order valence-corrected chi connectivity index (χ4v) is 2.61. The number of likely N-dealkylation sites (tertiary alicyclic amines) is 1. The van der Waals surface area contributed by atoms with Crippen LogP contribution in [0.5, 0.6) is 0 Å². The normalized spacial score (nSPS) is 20.9. The standard InChI is InChI=1S/C15H26N2O3/c1-15(2,10-18)16(3)13(19)12-6-8-17(9-7-12)14(20)11-4-5-11/h11-12,18H,4-10H2,1-3H3. The summed E-state index contributed by atoms with van der Waals surface area (Å²) in [6.45, 7) is 5.06. The van der Waals surface area contributed by atoms with Gasteiger partial charge in [0.25, 0.3) is 0 Å². The van der Waals surface area contributed by atoms with E-state index in [-0.39, 0.29) is 30.3 Å². The molecule has 0 aromatic rings. The Morgan fingerprint density at radius 3 is 2.15 bits per heavy atom. The lowest BCUT2D eigenvalue weighted by molar-refractivity contribution is -0.144. The van der Waals surface area contributed by atoms with Crippen molar-refractivity contribution in [2.75, 3.05) is 26.7 Å². The van der Waals surface area contributed by atoms with Gasteiger partial charge >= 0.3 is 0 Å². The quantitative estimate of drug-likeness (QED) is 0.832. The second-order valence-electron chi connectivity index (χ2n) is 6.74. The van der Waals surface area contributed by atoms with Crippen LogP contribution in [0.15, 0.2) is 0 Å². The molecule has 1 aliphatic heterocycles. The van der Waals surface area contributed by atoms with Gasteiger partial charge in [-0.3, -0.25) is 9.59 Å². The third-order valence-corrected chi connectivity index (χ3v) is 4.71. The Morgan fingerprint density at radius 2 is 1.70 bits per heavy atom. The largest absolute Gasteiger partial charge is 0.394 e. The lowest BCUT2D eigenvalue weighted by Crippen LogP contribution is -2.51. The van der Waals surface area contributed by atoms with Crippen molar-refractivity contribution in [1.82, 2.24) is 9.80 Å². The van der Waals surface area contributed by atoms with Crippen LogP contribution in [0.3, 0.4) is 0 Å². The molecule has 2 fully saturated rings. The van der Waals surface area contributed by atoms with E-state index < -0.39 is 5.54 Å². The number of piperidine rings is 1. The summed E-state index contributed by atoms with van der Waals surface area (Å²) in [7, 11) is 1.75. The topological polar surface area (TPSA) is 60.9 Å². The van der Waals surface area contributed by atoms with Gasteiger partial charge < -0.3 is 14.9 Å². The Hall–Kier alpha value is -1.10. The fourth-order valence-electron chi connectivity index (χ4n) is 2.61. The van der Waals surface area contributed by atoms with Crippen LogP contribution in [0, 0.1) is 11.8 Å². The number of aliphatic hydroxyl groups is 1. The fraction of sp³-hybridized carbons (Fsp3) is 0.867. The molecule has 0 spiro atoms. The zero-order chi connectivity index (χ0) is 14.9. The maximum Gasteiger partial charge on any atom is 0.226 e. The minimum absolute atomic E-state index is 0.0194. The van der Waals surface area contributed by atoms with Gasteiger partial charge in [-0.05, 0) is 39.5 Å². The summed E-state index contributed by atoms with van der Waals surface area (Å²) in [4.78, 5) is 28.0. The maximum atomic E-state index is 12.4. The second-order valence-corrected chi connectivity index (χ2v) is 6.74. The maximum absolute atomic E-state index is 12.4. The van der Waals surface area contributed by atoms with Crippen LogP contribution in [-0.2, 0) is 9.59 Å². The van der Waals surface area contributed by atoms with Gasteiger partial charge in [0.2, 0.25) is 11.8 Å². The van der Waals surface area contributed by atoms with Crippen LogP contribution in [0.1, 0.15) is 39.5 Å². The number of rotatable bonds is 4. The first kappa shape index (κ1) is 15.3. The van der Waals surface area contributed by atoms with Gasteiger partial charge in [0.05, 0.1) is 12.1 Å². The first-order valence-corrected chi connectivity index (χ1v) is 7.54. The van der Waals surface area contributed by atoms with Gasteiger partial charge in [0.15, 0.2) is 0 Å². The summed E-state index contributed by atoms with van der Waals surface area (Å²) in [5.74, 6) is 0.606. The molecular formula is C15H26N2O3. The third kappa shape index (κ3) is 3.14. The molecule has 2 amide bonds. The van der Waals surface area contributed by atoms with Crippen molar-refractivity contribution in [3.63, 3.8) is 0 Å². The molecule has 0 aromatic heterocycles. The molecule has 1 N–H and O–H groups in total. The molecule has 1 heterocycles. The molecule has 5 nitrogen and oxygen atoms in total. The highest BCUT2D eigenvalue weighted by atomic mass is 16.3. The Morgan fingerprint density at radius 1 is 1.15 bits per heavy atom. The summed E-state index contributed by atoms with van der Waals surface area (Å²) in [6.07, 6.45) is 3.54. The third-order valence-electron chi connectivity index (χ3n) is 4.71. The number of nitrogens with zero attached hydrogens (tertiary/aromatic N) is 2. The average Bonchev–Trinajstić information content (AvgIpc) is 3.29. The minimum atomic E-state index is -0.530. The van der Waals surface area contributed by atoms with E-state index in [1.54, 1.807) is 11.9 Å². The number of likely N-dealkylation sites (N-methyl/N-ethyl adjacent to an activating group) is 1. The summed E-state index contributed by atoms with van der Waals surface area (Å²) in [5, 5.41) is 9.35. The number of hydrogen-bond donors (Lipinski definition) is 1. The second kappa shape index (κ2) is 5.72. The molecule has 1 saturated heterocycles. The Balaban J connectivity index is 1.86. The number of carbonyl (C=O) groups excluding carboxylic acids is 2. The number of amides is 2. The molecule has 0 radical (unpaired) electrons. The van der Waals surface area contributed by atoms with Gasteiger partial charge in [-0.25, -0.2) is 0 Å². The summed E-state index contributed by atoms with van der Waals surface area (Å²) in [6, 6.07) is 0. The van der Waals surface area contributed by atoms with E-state index >= 15 is 0 Å². The molecule has 1 aliphatic carbocycles. The van der Waals surface area contributed by atoms with E-state index in [4.69, 9.17) is 0 Å². The van der Waals surface area contributed by atoms with Crippen molar-refractivity contribution < 1.29 is 14.7 Å². The SMILES string of the molecule is CN(C(=O)C1CCN(C(=O)C2CC2)CC1)C(C)(C)CO. The first-order valence-electron chi connectivity index (χ1n) is 7.54. The highest BCUT2D eigenvalue weighted by Crippen LogP contribution is 2.32. The molecule has 0 unspecified atom stereocenters. The van der Waals surface area contributed by atoms with Crippen molar-refractivity contribution >= 4 is 11.8 Å². The highest BCUT2D eigenvalue weighted by Gasteiger charge is 2.37. The molecule has 114 valence electrons. The summed E-state index contributed by atoms with van der Waals surface area (Å²) < 4.78 is 0. The lowest BCUT2D eigenvalue weighted by atomic mass is 9.93. The molecule has 20 heavy (non-hydrogen) atoms. The van der Waals surface area contributed by atoms with E-state index in [1.807, 2.05) is 18.7 Å². The van der Waals surface area contributed by atoms with Crippen molar-refractivity contribution in [1.29, 1.82) is 0 Å².